The zero-order valence-corrected chi connectivity index (χ0v) is 13.0. The second-order valence-electron chi connectivity index (χ2n) is 5.61. The summed E-state index contributed by atoms with van der Waals surface area (Å²) in [6, 6.07) is 1.70. The summed E-state index contributed by atoms with van der Waals surface area (Å²) in [5, 5.41) is 4.00. The minimum Gasteiger partial charge on any atom is -0.456 e. The lowest BCUT2D eigenvalue weighted by Crippen LogP contribution is -2.15. The zero-order chi connectivity index (χ0) is 14.4. The highest BCUT2D eigenvalue weighted by Crippen LogP contribution is 2.39. The minimum absolute atomic E-state index is 0.00757. The molecular weight excluding hydrogens is 328 g/mol. The molecule has 3 rings (SSSR count). The quantitative estimate of drug-likeness (QED) is 0.802. The van der Waals surface area contributed by atoms with Gasteiger partial charge in [-0.1, -0.05) is 13.8 Å². The molecule has 1 aromatic carbocycles. The van der Waals surface area contributed by atoms with Gasteiger partial charge in [-0.25, -0.2) is 4.39 Å². The second-order valence-corrected chi connectivity index (χ2v) is 6.46. The van der Waals surface area contributed by atoms with Crippen molar-refractivity contribution in [1.82, 2.24) is 5.32 Å². The first-order valence-electron chi connectivity index (χ1n) is 6.81. The van der Waals surface area contributed by atoms with E-state index in [-0.39, 0.29) is 11.5 Å². The predicted molar refractivity (Wildman–Crippen MR) is 77.8 cm³/mol. The number of fused-ring (bicyclic) bond motifs is 1. The van der Waals surface area contributed by atoms with Gasteiger partial charge in [-0.2, -0.15) is 4.39 Å². The lowest BCUT2D eigenvalue weighted by Gasteiger charge is -2.08. The predicted octanol–water partition coefficient (Wildman–Crippen LogP) is 4.85. The summed E-state index contributed by atoms with van der Waals surface area (Å²) >= 11 is 3.32. The molecule has 0 amide bonds. The van der Waals surface area contributed by atoms with Gasteiger partial charge in [-0.15, -0.1) is 0 Å². The highest BCUT2D eigenvalue weighted by atomic mass is 79.9. The molecular formula is C15H16BrF2NO. The van der Waals surface area contributed by atoms with Gasteiger partial charge in [0.15, 0.2) is 11.4 Å². The fourth-order valence-corrected chi connectivity index (χ4v) is 3.10. The van der Waals surface area contributed by atoms with Gasteiger partial charge in [0, 0.05) is 21.5 Å². The molecule has 0 aliphatic heterocycles. The van der Waals surface area contributed by atoms with Crippen LogP contribution in [0, 0.1) is 11.6 Å². The number of hydrogen-bond acceptors (Lipinski definition) is 2. The fraction of sp³-hybridized carbons (Fsp3) is 0.467. The Morgan fingerprint density at radius 2 is 2.10 bits per heavy atom. The van der Waals surface area contributed by atoms with Crippen molar-refractivity contribution in [3.63, 3.8) is 0 Å². The van der Waals surface area contributed by atoms with Crippen LogP contribution in [0.5, 0.6) is 0 Å². The van der Waals surface area contributed by atoms with E-state index in [1.54, 1.807) is 0 Å². The molecule has 1 aromatic heterocycles. The molecule has 20 heavy (non-hydrogen) atoms. The van der Waals surface area contributed by atoms with E-state index in [4.69, 9.17) is 4.42 Å². The maximum absolute atomic E-state index is 13.9. The van der Waals surface area contributed by atoms with Crippen LogP contribution in [0.3, 0.4) is 0 Å². The van der Waals surface area contributed by atoms with Crippen LogP contribution in [0.4, 0.5) is 8.78 Å². The molecule has 1 saturated carbocycles. The molecule has 0 atom stereocenters. The van der Waals surface area contributed by atoms with Crippen LogP contribution in [-0.4, -0.2) is 6.04 Å². The van der Waals surface area contributed by atoms with Crippen LogP contribution in [0.25, 0.3) is 11.0 Å². The summed E-state index contributed by atoms with van der Waals surface area (Å²) in [7, 11) is 0. The van der Waals surface area contributed by atoms with E-state index in [0.29, 0.717) is 28.2 Å². The van der Waals surface area contributed by atoms with Crippen LogP contribution in [-0.2, 0) is 6.54 Å². The lowest BCUT2D eigenvalue weighted by atomic mass is 9.99. The molecule has 1 N–H and O–H groups in total. The highest BCUT2D eigenvalue weighted by Gasteiger charge is 2.26. The van der Waals surface area contributed by atoms with Crippen LogP contribution < -0.4 is 5.32 Å². The van der Waals surface area contributed by atoms with Gasteiger partial charge < -0.3 is 9.73 Å². The maximum atomic E-state index is 13.9. The summed E-state index contributed by atoms with van der Waals surface area (Å²) in [5.74, 6) is -0.932. The smallest absolute Gasteiger partial charge is 0.201 e. The van der Waals surface area contributed by atoms with E-state index < -0.39 is 11.6 Å². The molecule has 0 unspecified atom stereocenters. The average Bonchev–Trinajstić information content (AvgIpc) is 3.12. The molecule has 1 aliphatic rings. The van der Waals surface area contributed by atoms with Crippen molar-refractivity contribution in [1.29, 1.82) is 0 Å². The Balaban J connectivity index is 2.15. The Bertz CT molecular complexity index is 662. The van der Waals surface area contributed by atoms with Crippen molar-refractivity contribution < 1.29 is 13.2 Å². The molecule has 0 bridgehead atoms. The van der Waals surface area contributed by atoms with Gasteiger partial charge >= 0.3 is 0 Å². The van der Waals surface area contributed by atoms with Gasteiger partial charge in [0.05, 0.1) is 6.54 Å². The summed E-state index contributed by atoms with van der Waals surface area (Å²) in [5.41, 5.74) is 0.951. The Morgan fingerprint density at radius 3 is 2.70 bits per heavy atom. The molecule has 1 heterocycles. The third-order valence-corrected chi connectivity index (χ3v) is 4.25. The number of benzene rings is 1. The average molecular weight is 344 g/mol. The first-order valence-corrected chi connectivity index (χ1v) is 7.60. The van der Waals surface area contributed by atoms with Crippen molar-refractivity contribution in [2.75, 3.05) is 0 Å². The third kappa shape index (κ3) is 2.37. The summed E-state index contributed by atoms with van der Waals surface area (Å²) in [6.07, 6.45) is 2.34. The third-order valence-electron chi connectivity index (χ3n) is 3.63. The minimum atomic E-state index is -0.914. The van der Waals surface area contributed by atoms with Crippen molar-refractivity contribution in [3.8, 4) is 0 Å². The Hall–Kier alpha value is -0.940. The first kappa shape index (κ1) is 14.0. The Labute approximate surface area is 124 Å². The molecule has 2 aromatic rings. The van der Waals surface area contributed by atoms with Crippen LogP contribution in [0.15, 0.2) is 15.0 Å². The van der Waals surface area contributed by atoms with E-state index >= 15 is 0 Å². The maximum Gasteiger partial charge on any atom is 0.201 e. The second kappa shape index (κ2) is 5.11. The number of halogens is 3. The van der Waals surface area contributed by atoms with Crippen molar-refractivity contribution in [2.24, 2.45) is 0 Å². The first-order chi connectivity index (χ1) is 9.49. The standard InChI is InChI=1S/C15H16BrF2NO/c1-7(2)12-11(6-19-8-3-4-8)20-15-13(12)9(16)5-10(17)14(15)18/h5,7-8,19H,3-4,6H2,1-2H3. The molecule has 108 valence electrons. The van der Waals surface area contributed by atoms with Gasteiger partial charge in [0.1, 0.15) is 5.76 Å². The van der Waals surface area contributed by atoms with Gasteiger partial charge in [0.25, 0.3) is 0 Å². The van der Waals surface area contributed by atoms with E-state index in [0.717, 1.165) is 11.6 Å². The number of nitrogens with one attached hydrogen (secondary N) is 1. The summed E-state index contributed by atoms with van der Waals surface area (Å²) < 4.78 is 33.6. The van der Waals surface area contributed by atoms with Crippen molar-refractivity contribution >= 4 is 26.9 Å². The fourth-order valence-electron chi connectivity index (χ4n) is 2.50. The SMILES string of the molecule is CC(C)c1c(CNC2CC2)oc2c(F)c(F)cc(Br)c12. The Kier molecular flexibility index (Phi) is 3.58. The number of hydrogen-bond donors (Lipinski definition) is 1. The zero-order valence-electron chi connectivity index (χ0n) is 11.4. The largest absolute Gasteiger partial charge is 0.456 e. The lowest BCUT2D eigenvalue weighted by molar-refractivity contribution is 0.464. The highest BCUT2D eigenvalue weighted by molar-refractivity contribution is 9.10. The molecule has 0 radical (unpaired) electrons. The van der Waals surface area contributed by atoms with Gasteiger partial charge in [0.2, 0.25) is 5.82 Å². The molecule has 5 heteroatoms. The van der Waals surface area contributed by atoms with E-state index in [1.165, 1.54) is 12.8 Å². The van der Waals surface area contributed by atoms with Crippen LogP contribution >= 0.6 is 15.9 Å². The topological polar surface area (TPSA) is 25.2 Å². The Morgan fingerprint density at radius 1 is 1.40 bits per heavy atom. The van der Waals surface area contributed by atoms with Gasteiger partial charge in [-0.3, -0.25) is 0 Å². The van der Waals surface area contributed by atoms with Gasteiger partial charge in [-0.05, 0) is 40.8 Å². The molecule has 2 nitrogen and oxygen atoms in total. The monoisotopic (exact) mass is 343 g/mol. The van der Waals surface area contributed by atoms with Crippen LogP contribution in [0.2, 0.25) is 0 Å². The molecule has 0 saturated heterocycles. The van der Waals surface area contributed by atoms with Crippen LogP contribution in [0.1, 0.15) is 43.9 Å². The normalized spacial score (nSPS) is 15.5. The molecule has 1 aliphatic carbocycles. The molecule has 0 spiro atoms. The van der Waals surface area contributed by atoms with E-state index in [2.05, 4.69) is 21.2 Å². The number of furan rings is 1. The van der Waals surface area contributed by atoms with E-state index in [1.807, 2.05) is 13.8 Å². The molecule has 1 fully saturated rings. The summed E-state index contributed by atoms with van der Waals surface area (Å²) in [4.78, 5) is 0. The van der Waals surface area contributed by atoms with Crippen molar-refractivity contribution in [2.45, 2.75) is 45.2 Å². The van der Waals surface area contributed by atoms with Crippen molar-refractivity contribution in [3.05, 3.63) is 33.5 Å². The summed E-state index contributed by atoms with van der Waals surface area (Å²) in [6.45, 7) is 4.61. The van der Waals surface area contributed by atoms with E-state index in [9.17, 15) is 8.78 Å². The number of rotatable bonds is 4.